The third-order valence-electron chi connectivity index (χ3n) is 2.32. The lowest BCUT2D eigenvalue weighted by atomic mass is 10.1. The van der Waals surface area contributed by atoms with E-state index < -0.39 is 11.8 Å². The van der Waals surface area contributed by atoms with Gasteiger partial charge in [-0.1, -0.05) is 0 Å². The van der Waals surface area contributed by atoms with E-state index in [1.54, 1.807) is 0 Å². The van der Waals surface area contributed by atoms with Gasteiger partial charge in [-0.15, -0.1) is 0 Å². The van der Waals surface area contributed by atoms with Gasteiger partial charge in [0.15, 0.2) is 5.69 Å². The monoisotopic (exact) mass is 248 g/mol. The third-order valence-corrected chi connectivity index (χ3v) is 2.32. The number of ether oxygens (including phenoxy) is 1. The molecule has 0 spiro atoms. The number of nitrogens with zero attached hydrogens (tertiary/aromatic N) is 2. The number of hydrogen-bond acceptors (Lipinski definition) is 4. The van der Waals surface area contributed by atoms with E-state index >= 15 is 0 Å². The van der Waals surface area contributed by atoms with E-state index in [2.05, 4.69) is 9.97 Å². The van der Waals surface area contributed by atoms with Gasteiger partial charge in [-0.25, -0.2) is 14.2 Å². The van der Waals surface area contributed by atoms with Gasteiger partial charge in [0.1, 0.15) is 11.6 Å². The van der Waals surface area contributed by atoms with Gasteiger partial charge in [0, 0.05) is 5.56 Å². The van der Waals surface area contributed by atoms with Crippen LogP contribution in [0.5, 0.6) is 5.75 Å². The molecule has 2 rings (SSSR count). The second kappa shape index (κ2) is 4.79. The first-order valence-electron chi connectivity index (χ1n) is 5.01. The number of carbonyl (C=O) groups is 1. The molecule has 5 nitrogen and oxygen atoms in total. The van der Waals surface area contributed by atoms with Crippen molar-refractivity contribution in [2.45, 2.75) is 0 Å². The first-order valence-corrected chi connectivity index (χ1v) is 5.01. The molecular formula is C12H9FN2O3. The normalized spacial score (nSPS) is 10.1. The quantitative estimate of drug-likeness (QED) is 0.899. The maximum absolute atomic E-state index is 13.6. The highest BCUT2D eigenvalue weighted by molar-refractivity contribution is 5.85. The average Bonchev–Trinajstić information content (AvgIpc) is 2.39. The highest BCUT2D eigenvalue weighted by Gasteiger charge is 2.10. The zero-order valence-electron chi connectivity index (χ0n) is 9.42. The van der Waals surface area contributed by atoms with E-state index in [4.69, 9.17) is 9.84 Å². The number of hydrogen-bond donors (Lipinski definition) is 1. The summed E-state index contributed by atoms with van der Waals surface area (Å²) in [5, 5.41) is 8.69. The average molecular weight is 248 g/mol. The maximum Gasteiger partial charge on any atom is 0.356 e. The highest BCUT2D eigenvalue weighted by Crippen LogP contribution is 2.24. The fourth-order valence-electron chi connectivity index (χ4n) is 1.41. The summed E-state index contributed by atoms with van der Waals surface area (Å²) >= 11 is 0. The Balaban J connectivity index is 2.44. The fraction of sp³-hybridized carbons (Fsp3) is 0.0833. The number of benzene rings is 1. The van der Waals surface area contributed by atoms with Gasteiger partial charge < -0.3 is 9.84 Å². The Hall–Kier alpha value is -2.50. The number of aromatic carboxylic acids is 1. The number of aromatic nitrogens is 2. The van der Waals surface area contributed by atoms with Crippen molar-refractivity contribution in [1.82, 2.24) is 9.97 Å². The van der Waals surface area contributed by atoms with Crippen molar-refractivity contribution in [3.05, 3.63) is 42.1 Å². The van der Waals surface area contributed by atoms with Crippen molar-refractivity contribution in [2.24, 2.45) is 0 Å². The molecule has 1 N–H and O–H groups in total. The first kappa shape index (κ1) is 12.0. The minimum absolute atomic E-state index is 0.193. The Morgan fingerprint density at radius 1 is 1.33 bits per heavy atom. The topological polar surface area (TPSA) is 72.3 Å². The number of rotatable bonds is 3. The zero-order valence-corrected chi connectivity index (χ0v) is 9.42. The molecule has 0 amide bonds. The summed E-state index contributed by atoms with van der Waals surface area (Å²) in [5.74, 6) is -1.18. The van der Waals surface area contributed by atoms with Gasteiger partial charge in [0.2, 0.25) is 0 Å². The van der Waals surface area contributed by atoms with Crippen molar-refractivity contribution in [2.75, 3.05) is 7.11 Å². The summed E-state index contributed by atoms with van der Waals surface area (Å²) in [7, 11) is 1.47. The summed E-state index contributed by atoms with van der Waals surface area (Å²) in [6.45, 7) is 0. The Labute approximate surface area is 102 Å². The molecule has 1 aromatic heterocycles. The van der Waals surface area contributed by atoms with Crippen LogP contribution in [0, 0.1) is 5.82 Å². The second-order valence-corrected chi connectivity index (χ2v) is 3.44. The fourth-order valence-corrected chi connectivity index (χ4v) is 1.41. The Morgan fingerprint density at radius 3 is 2.67 bits per heavy atom. The van der Waals surface area contributed by atoms with Crippen molar-refractivity contribution in [3.8, 4) is 17.0 Å². The molecule has 0 aliphatic rings. The predicted molar refractivity (Wildman–Crippen MR) is 60.9 cm³/mol. The number of carboxylic acid groups (broad SMARTS) is 1. The first-order chi connectivity index (χ1) is 8.61. The second-order valence-electron chi connectivity index (χ2n) is 3.44. The van der Waals surface area contributed by atoms with Gasteiger partial charge >= 0.3 is 5.97 Å². The molecule has 1 heterocycles. The van der Waals surface area contributed by atoms with Crippen molar-refractivity contribution in [1.29, 1.82) is 0 Å². The summed E-state index contributed by atoms with van der Waals surface area (Å²) in [4.78, 5) is 18.2. The highest BCUT2D eigenvalue weighted by atomic mass is 19.1. The third kappa shape index (κ3) is 2.27. The molecule has 18 heavy (non-hydrogen) atoms. The van der Waals surface area contributed by atoms with Crippen molar-refractivity contribution in [3.63, 3.8) is 0 Å². The molecule has 0 saturated carbocycles. The van der Waals surface area contributed by atoms with Crippen molar-refractivity contribution >= 4 is 5.97 Å². The van der Waals surface area contributed by atoms with Crippen LogP contribution in [0.25, 0.3) is 11.3 Å². The van der Waals surface area contributed by atoms with Crippen LogP contribution in [0.15, 0.2) is 30.6 Å². The van der Waals surface area contributed by atoms with Crippen LogP contribution < -0.4 is 4.74 Å². The van der Waals surface area contributed by atoms with Gasteiger partial charge in [0.05, 0.1) is 25.2 Å². The lowest BCUT2D eigenvalue weighted by molar-refractivity contribution is 0.0690. The van der Waals surface area contributed by atoms with Gasteiger partial charge in [0.25, 0.3) is 0 Å². The molecule has 2 aromatic rings. The smallest absolute Gasteiger partial charge is 0.356 e. The molecule has 92 valence electrons. The van der Waals surface area contributed by atoms with Crippen molar-refractivity contribution < 1.29 is 19.0 Å². The van der Waals surface area contributed by atoms with E-state index in [1.807, 2.05) is 0 Å². The molecule has 6 heteroatoms. The van der Waals surface area contributed by atoms with E-state index in [0.29, 0.717) is 5.75 Å². The predicted octanol–water partition coefficient (Wildman–Crippen LogP) is 1.99. The minimum Gasteiger partial charge on any atom is -0.497 e. The van der Waals surface area contributed by atoms with E-state index in [-0.39, 0.29) is 17.0 Å². The largest absolute Gasteiger partial charge is 0.497 e. The molecule has 0 saturated heterocycles. The van der Waals surface area contributed by atoms with Crippen LogP contribution in [-0.4, -0.2) is 28.2 Å². The van der Waals surface area contributed by atoms with E-state index in [0.717, 1.165) is 6.20 Å². The summed E-state index contributed by atoms with van der Waals surface area (Å²) in [6, 6.07) is 4.21. The minimum atomic E-state index is -1.18. The molecular weight excluding hydrogens is 239 g/mol. The standard InChI is InChI=1S/C12H9FN2O3/c1-18-7-2-3-9(13)8(4-7)10-5-15-11(6-14-10)12(16)17/h2-6H,1H3,(H,16,17). The Kier molecular flexibility index (Phi) is 3.18. The van der Waals surface area contributed by atoms with Crippen LogP contribution in [0.3, 0.4) is 0 Å². The van der Waals surface area contributed by atoms with Gasteiger partial charge in [-0.2, -0.15) is 0 Å². The lowest BCUT2D eigenvalue weighted by Gasteiger charge is -2.05. The molecule has 0 aliphatic heterocycles. The maximum atomic E-state index is 13.6. The number of methoxy groups -OCH3 is 1. The van der Waals surface area contributed by atoms with Crippen LogP contribution in [0.2, 0.25) is 0 Å². The number of carboxylic acids is 1. The van der Waals surface area contributed by atoms with Crippen LogP contribution >= 0.6 is 0 Å². The summed E-state index contributed by atoms with van der Waals surface area (Å²) < 4.78 is 18.6. The Bertz CT molecular complexity index is 584. The van der Waals surface area contributed by atoms with Gasteiger partial charge in [-0.3, -0.25) is 4.98 Å². The lowest BCUT2D eigenvalue weighted by Crippen LogP contribution is -2.01. The summed E-state index contributed by atoms with van der Waals surface area (Å²) in [5.41, 5.74) is 0.261. The molecule has 0 fully saturated rings. The molecule has 0 atom stereocenters. The van der Waals surface area contributed by atoms with E-state index in [9.17, 15) is 9.18 Å². The molecule has 0 unspecified atom stereocenters. The Morgan fingerprint density at radius 2 is 2.11 bits per heavy atom. The zero-order chi connectivity index (χ0) is 13.1. The van der Waals surface area contributed by atoms with Crippen LogP contribution in [-0.2, 0) is 0 Å². The van der Waals surface area contributed by atoms with Gasteiger partial charge in [-0.05, 0) is 18.2 Å². The van der Waals surface area contributed by atoms with E-state index in [1.165, 1.54) is 31.5 Å². The van der Waals surface area contributed by atoms with Crippen LogP contribution in [0.1, 0.15) is 10.5 Å². The molecule has 0 aliphatic carbocycles. The number of halogens is 1. The molecule has 0 bridgehead atoms. The molecule has 1 aromatic carbocycles. The van der Waals surface area contributed by atoms with Crippen LogP contribution in [0.4, 0.5) is 4.39 Å². The summed E-state index contributed by atoms with van der Waals surface area (Å²) in [6.07, 6.45) is 2.29. The SMILES string of the molecule is COc1ccc(F)c(-c2cnc(C(=O)O)cn2)c1. The molecule has 0 radical (unpaired) electrons.